The Morgan fingerprint density at radius 1 is 0.949 bits per heavy atom. The predicted molar refractivity (Wildman–Crippen MR) is 152 cm³/mol. The second-order valence-electron chi connectivity index (χ2n) is 10.7. The van der Waals surface area contributed by atoms with Crippen LogP contribution in [0.2, 0.25) is 0 Å². The van der Waals surface area contributed by atoms with Crippen LogP contribution >= 0.6 is 0 Å². The molecule has 1 saturated heterocycles. The highest BCUT2D eigenvalue weighted by molar-refractivity contribution is 5.84. The number of methoxy groups -OCH3 is 1. The summed E-state index contributed by atoms with van der Waals surface area (Å²) in [5, 5.41) is 13.5. The van der Waals surface area contributed by atoms with Crippen molar-refractivity contribution < 1.29 is 4.74 Å². The zero-order valence-corrected chi connectivity index (χ0v) is 22.7. The summed E-state index contributed by atoms with van der Waals surface area (Å²) in [5.41, 5.74) is 2.81. The first-order valence-electron chi connectivity index (χ1n) is 14.2. The van der Waals surface area contributed by atoms with Crippen LogP contribution in [0.1, 0.15) is 43.5 Å². The first-order chi connectivity index (χ1) is 19.2. The van der Waals surface area contributed by atoms with E-state index in [1.54, 1.807) is 7.11 Å². The minimum atomic E-state index is -0.00334. The average Bonchev–Trinajstić information content (AvgIpc) is 3.45. The Bertz CT molecular complexity index is 1450. The first kappa shape index (κ1) is 25.6. The Morgan fingerprint density at radius 3 is 2.51 bits per heavy atom. The van der Waals surface area contributed by atoms with Crippen LogP contribution in [0, 0.1) is 0 Å². The van der Waals surface area contributed by atoms with Crippen molar-refractivity contribution in [2.24, 2.45) is 0 Å². The van der Waals surface area contributed by atoms with E-state index >= 15 is 0 Å². The van der Waals surface area contributed by atoms with Gasteiger partial charge >= 0.3 is 0 Å². The third kappa shape index (κ3) is 5.54. The number of fused-ring (bicyclic) bond motifs is 1. The van der Waals surface area contributed by atoms with E-state index in [0.29, 0.717) is 25.0 Å². The molecule has 2 aliphatic rings. The number of hydrogen-bond acceptors (Lipinski definition) is 7. The summed E-state index contributed by atoms with van der Waals surface area (Å²) in [6.07, 6.45) is 7.48. The Kier molecular flexibility index (Phi) is 7.58. The molecule has 9 heteroatoms. The van der Waals surface area contributed by atoms with Gasteiger partial charge in [-0.3, -0.25) is 14.3 Å². The first-order valence-corrected chi connectivity index (χ1v) is 14.2. The van der Waals surface area contributed by atoms with Crippen molar-refractivity contribution in [2.75, 3.05) is 38.2 Å². The lowest BCUT2D eigenvalue weighted by atomic mass is 9.94. The third-order valence-electron chi connectivity index (χ3n) is 8.39. The zero-order valence-electron chi connectivity index (χ0n) is 22.7. The number of benzene rings is 2. The fourth-order valence-corrected chi connectivity index (χ4v) is 6.17. The van der Waals surface area contributed by atoms with E-state index in [2.05, 4.69) is 37.5 Å². The third-order valence-corrected chi connectivity index (χ3v) is 8.39. The quantitative estimate of drug-likeness (QED) is 0.345. The van der Waals surface area contributed by atoms with Gasteiger partial charge in [0, 0.05) is 44.2 Å². The molecule has 0 N–H and O–H groups in total. The molecule has 0 unspecified atom stereocenters. The molecule has 0 amide bonds. The smallest absolute Gasteiger partial charge is 0.275 e. The molecule has 0 atom stereocenters. The molecule has 3 heterocycles. The van der Waals surface area contributed by atoms with Crippen molar-refractivity contribution in [1.82, 2.24) is 29.7 Å². The van der Waals surface area contributed by atoms with Gasteiger partial charge in [0.25, 0.3) is 5.56 Å². The summed E-state index contributed by atoms with van der Waals surface area (Å²) in [6.45, 7) is 4.66. The number of pyridine rings is 1. The number of aromatic nitrogens is 5. The molecule has 0 radical (unpaired) electrons. The highest BCUT2D eigenvalue weighted by Crippen LogP contribution is 2.27. The second-order valence-corrected chi connectivity index (χ2v) is 10.7. The number of tetrazole rings is 1. The SMILES string of the molecule is COc1ccc2c(c1)cc(N1CCN(C3CCCCC3)CC1)c(=O)n2Cc1nnnn1CCc1ccccc1. The van der Waals surface area contributed by atoms with E-state index < -0.39 is 0 Å². The van der Waals surface area contributed by atoms with Gasteiger partial charge in [-0.05, 0) is 59.5 Å². The van der Waals surface area contributed by atoms with Gasteiger partial charge in [-0.2, -0.15) is 0 Å². The number of ether oxygens (including phenoxy) is 1. The molecule has 1 aliphatic heterocycles. The largest absolute Gasteiger partial charge is 0.497 e. The Hall–Kier alpha value is -3.72. The van der Waals surface area contributed by atoms with Gasteiger partial charge in [0.2, 0.25) is 0 Å². The van der Waals surface area contributed by atoms with Crippen molar-refractivity contribution >= 4 is 16.6 Å². The van der Waals surface area contributed by atoms with Gasteiger partial charge in [-0.1, -0.05) is 49.6 Å². The molecule has 0 spiro atoms. The Labute approximate surface area is 229 Å². The Morgan fingerprint density at radius 2 is 1.74 bits per heavy atom. The van der Waals surface area contributed by atoms with Crippen LogP contribution in [-0.4, -0.2) is 69.0 Å². The number of nitrogens with zero attached hydrogens (tertiary/aromatic N) is 7. The lowest BCUT2D eigenvalue weighted by molar-refractivity contribution is 0.148. The number of rotatable bonds is 8. The van der Waals surface area contributed by atoms with Crippen molar-refractivity contribution in [3.05, 3.63) is 76.3 Å². The van der Waals surface area contributed by atoms with Crippen LogP contribution in [0.25, 0.3) is 10.9 Å². The minimum Gasteiger partial charge on any atom is -0.497 e. The van der Waals surface area contributed by atoms with E-state index in [0.717, 1.165) is 54.9 Å². The van der Waals surface area contributed by atoms with Gasteiger partial charge in [0.1, 0.15) is 11.4 Å². The summed E-state index contributed by atoms with van der Waals surface area (Å²) < 4.78 is 9.15. The topological polar surface area (TPSA) is 81.3 Å². The molecular formula is C30H37N7O2. The van der Waals surface area contributed by atoms with Gasteiger partial charge in [0.05, 0.1) is 19.2 Å². The molecule has 4 aromatic rings. The van der Waals surface area contributed by atoms with E-state index in [1.807, 2.05) is 51.7 Å². The lowest BCUT2D eigenvalue weighted by Crippen LogP contribution is -2.52. The summed E-state index contributed by atoms with van der Waals surface area (Å²) in [7, 11) is 1.67. The molecule has 0 bridgehead atoms. The normalized spacial score (nSPS) is 17.1. The van der Waals surface area contributed by atoms with Crippen LogP contribution in [-0.2, 0) is 19.5 Å². The van der Waals surface area contributed by atoms with Crippen molar-refractivity contribution in [3.8, 4) is 5.75 Å². The van der Waals surface area contributed by atoms with Gasteiger partial charge in [0.15, 0.2) is 5.82 Å². The van der Waals surface area contributed by atoms with Crippen LogP contribution in [0.15, 0.2) is 59.4 Å². The lowest BCUT2D eigenvalue weighted by Gasteiger charge is -2.41. The molecule has 39 heavy (non-hydrogen) atoms. The molecular weight excluding hydrogens is 490 g/mol. The molecule has 6 rings (SSSR count). The van der Waals surface area contributed by atoms with Crippen molar-refractivity contribution in [1.29, 1.82) is 0 Å². The van der Waals surface area contributed by atoms with Gasteiger partial charge in [-0.15, -0.1) is 5.10 Å². The fourth-order valence-electron chi connectivity index (χ4n) is 6.17. The molecule has 204 valence electrons. The highest BCUT2D eigenvalue weighted by atomic mass is 16.5. The summed E-state index contributed by atoms with van der Waals surface area (Å²) in [4.78, 5) is 18.9. The predicted octanol–water partition coefficient (Wildman–Crippen LogP) is 3.74. The number of aryl methyl sites for hydroxylation is 2. The van der Waals surface area contributed by atoms with E-state index in [-0.39, 0.29) is 5.56 Å². The van der Waals surface area contributed by atoms with E-state index in [1.165, 1.54) is 37.7 Å². The van der Waals surface area contributed by atoms with E-state index in [9.17, 15) is 4.79 Å². The molecule has 1 saturated carbocycles. The number of hydrogen-bond donors (Lipinski definition) is 0. The maximum atomic E-state index is 14.0. The summed E-state index contributed by atoms with van der Waals surface area (Å²) in [5.74, 6) is 1.44. The molecule has 2 fully saturated rings. The molecule has 2 aromatic carbocycles. The standard InChI is InChI=1S/C30H37N7O2/c1-39-26-12-13-27-24(20-26)21-28(35-18-16-34(17-19-35)25-10-6-3-7-11-25)30(38)36(27)22-29-31-32-33-37(29)15-14-23-8-4-2-5-9-23/h2,4-5,8-9,12-13,20-21,25H,3,6-7,10-11,14-19,22H2,1H3. The minimum absolute atomic E-state index is 0.00334. The maximum Gasteiger partial charge on any atom is 0.275 e. The molecule has 2 aromatic heterocycles. The maximum absolute atomic E-state index is 14.0. The van der Waals surface area contributed by atoms with Crippen molar-refractivity contribution in [3.63, 3.8) is 0 Å². The summed E-state index contributed by atoms with van der Waals surface area (Å²) in [6, 6.07) is 18.9. The van der Waals surface area contributed by atoms with Crippen LogP contribution in [0.5, 0.6) is 5.75 Å². The highest BCUT2D eigenvalue weighted by Gasteiger charge is 2.27. The van der Waals surface area contributed by atoms with E-state index in [4.69, 9.17) is 4.74 Å². The monoisotopic (exact) mass is 527 g/mol. The van der Waals surface area contributed by atoms with Crippen LogP contribution in [0.4, 0.5) is 5.69 Å². The van der Waals surface area contributed by atoms with Gasteiger partial charge < -0.3 is 9.64 Å². The summed E-state index contributed by atoms with van der Waals surface area (Å²) >= 11 is 0. The van der Waals surface area contributed by atoms with Crippen molar-refractivity contribution in [2.45, 2.75) is 57.7 Å². The number of anilines is 1. The zero-order chi connectivity index (χ0) is 26.6. The van der Waals surface area contributed by atoms with Gasteiger partial charge in [-0.25, -0.2) is 4.68 Å². The second kappa shape index (κ2) is 11.6. The van der Waals surface area contributed by atoms with Crippen LogP contribution < -0.4 is 15.2 Å². The molecule has 1 aliphatic carbocycles. The number of piperazine rings is 1. The molecule has 9 nitrogen and oxygen atoms in total. The van der Waals surface area contributed by atoms with Crippen LogP contribution in [0.3, 0.4) is 0 Å². The Balaban J connectivity index is 1.28. The fraction of sp³-hybridized carbons (Fsp3) is 0.467. The average molecular weight is 528 g/mol.